The van der Waals surface area contributed by atoms with Crippen LogP contribution in [0, 0.1) is 11.3 Å². The molecule has 2 nitrogen and oxygen atoms in total. The van der Waals surface area contributed by atoms with E-state index in [0.29, 0.717) is 5.41 Å². The molecule has 2 atom stereocenters. The first-order valence-electron chi connectivity index (χ1n) is 4.94. The van der Waals surface area contributed by atoms with Crippen LogP contribution in [-0.4, -0.2) is 38.6 Å². The third-order valence-corrected chi connectivity index (χ3v) is 3.30. The summed E-state index contributed by atoms with van der Waals surface area (Å²) in [6.45, 7) is 8.32. The van der Waals surface area contributed by atoms with E-state index >= 15 is 0 Å². The average molecular weight is 170 g/mol. The maximum atomic E-state index is 3.49. The fraction of sp³-hybridized carbons (Fsp3) is 1.00. The molecular weight excluding hydrogens is 148 g/mol. The Kier molecular flexibility index (Phi) is 3.13. The Balaban J connectivity index is 2.51. The van der Waals surface area contributed by atoms with Crippen molar-refractivity contribution in [3.8, 4) is 0 Å². The Bertz CT molecular complexity index is 145. The number of hydrogen-bond donors (Lipinski definition) is 1. The normalized spacial score (nSPS) is 36.2. The Morgan fingerprint density at radius 1 is 1.50 bits per heavy atom. The zero-order chi connectivity index (χ0) is 9.19. The molecule has 0 amide bonds. The third-order valence-electron chi connectivity index (χ3n) is 3.30. The zero-order valence-electron chi connectivity index (χ0n) is 8.85. The Morgan fingerprint density at radius 3 is 2.67 bits per heavy atom. The molecule has 1 N–H and O–H groups in total. The summed E-state index contributed by atoms with van der Waals surface area (Å²) in [5.41, 5.74) is 0.532. The molecule has 0 aliphatic carbocycles. The molecule has 0 unspecified atom stereocenters. The van der Waals surface area contributed by atoms with E-state index in [1.165, 1.54) is 26.1 Å². The standard InChI is InChI=1S/C10H22N2/c1-5-10(2)8-11-6-9(10)7-12(3)4/h9,11H,5-8H2,1-4H3/t9-,10+/m0/s1. The highest BCUT2D eigenvalue weighted by atomic mass is 15.1. The summed E-state index contributed by atoms with van der Waals surface area (Å²) in [5.74, 6) is 0.831. The lowest BCUT2D eigenvalue weighted by atomic mass is 9.77. The summed E-state index contributed by atoms with van der Waals surface area (Å²) in [4.78, 5) is 2.30. The highest BCUT2D eigenvalue weighted by Gasteiger charge is 2.36. The molecule has 2 heteroatoms. The van der Waals surface area contributed by atoms with E-state index in [1.54, 1.807) is 0 Å². The summed E-state index contributed by atoms with van der Waals surface area (Å²) >= 11 is 0. The van der Waals surface area contributed by atoms with Crippen molar-refractivity contribution < 1.29 is 0 Å². The fourth-order valence-electron chi connectivity index (χ4n) is 2.06. The van der Waals surface area contributed by atoms with Crippen LogP contribution in [0.3, 0.4) is 0 Å². The summed E-state index contributed by atoms with van der Waals surface area (Å²) in [6, 6.07) is 0. The van der Waals surface area contributed by atoms with Gasteiger partial charge < -0.3 is 10.2 Å². The van der Waals surface area contributed by atoms with Gasteiger partial charge in [-0.2, -0.15) is 0 Å². The molecule has 0 saturated carbocycles. The molecule has 0 spiro atoms. The number of rotatable bonds is 3. The lowest BCUT2D eigenvalue weighted by Gasteiger charge is -2.31. The van der Waals surface area contributed by atoms with Crippen molar-refractivity contribution in [3.05, 3.63) is 0 Å². The van der Waals surface area contributed by atoms with E-state index < -0.39 is 0 Å². The molecule has 1 fully saturated rings. The van der Waals surface area contributed by atoms with Crippen LogP contribution in [0.25, 0.3) is 0 Å². The Morgan fingerprint density at radius 2 is 2.17 bits per heavy atom. The van der Waals surface area contributed by atoms with Crippen molar-refractivity contribution in [1.82, 2.24) is 10.2 Å². The molecule has 0 radical (unpaired) electrons. The van der Waals surface area contributed by atoms with E-state index in [1.807, 2.05) is 0 Å². The van der Waals surface area contributed by atoms with Gasteiger partial charge in [0.2, 0.25) is 0 Å². The second kappa shape index (κ2) is 3.75. The summed E-state index contributed by atoms with van der Waals surface area (Å²) in [7, 11) is 4.32. The monoisotopic (exact) mass is 170 g/mol. The molecule has 1 rings (SSSR count). The van der Waals surface area contributed by atoms with Crippen LogP contribution >= 0.6 is 0 Å². The first kappa shape index (κ1) is 10.0. The van der Waals surface area contributed by atoms with Crippen molar-refractivity contribution in [2.45, 2.75) is 20.3 Å². The summed E-state index contributed by atoms with van der Waals surface area (Å²) in [6.07, 6.45) is 1.29. The number of nitrogens with one attached hydrogen (secondary N) is 1. The van der Waals surface area contributed by atoms with Gasteiger partial charge in [-0.25, -0.2) is 0 Å². The lowest BCUT2D eigenvalue weighted by molar-refractivity contribution is 0.195. The van der Waals surface area contributed by atoms with Gasteiger partial charge in [0.25, 0.3) is 0 Å². The summed E-state index contributed by atoms with van der Waals surface area (Å²) < 4.78 is 0. The maximum Gasteiger partial charge on any atom is 0.00214 e. The van der Waals surface area contributed by atoms with Crippen LogP contribution in [0.15, 0.2) is 0 Å². The molecule has 12 heavy (non-hydrogen) atoms. The van der Waals surface area contributed by atoms with E-state index in [0.717, 1.165) is 5.92 Å². The minimum atomic E-state index is 0.532. The quantitative estimate of drug-likeness (QED) is 0.684. The minimum Gasteiger partial charge on any atom is -0.316 e. The van der Waals surface area contributed by atoms with Gasteiger partial charge >= 0.3 is 0 Å². The average Bonchev–Trinajstić information content (AvgIpc) is 2.33. The van der Waals surface area contributed by atoms with Gasteiger partial charge in [0.15, 0.2) is 0 Å². The van der Waals surface area contributed by atoms with Crippen LogP contribution in [0.1, 0.15) is 20.3 Å². The van der Waals surface area contributed by atoms with E-state index in [4.69, 9.17) is 0 Å². The predicted octanol–water partition coefficient (Wildman–Crippen LogP) is 1.18. The van der Waals surface area contributed by atoms with Crippen LogP contribution in [0.5, 0.6) is 0 Å². The van der Waals surface area contributed by atoms with Gasteiger partial charge in [0.1, 0.15) is 0 Å². The maximum absolute atomic E-state index is 3.49. The fourth-order valence-corrected chi connectivity index (χ4v) is 2.06. The SMILES string of the molecule is CC[C@]1(C)CNC[C@H]1CN(C)C. The molecule has 0 aromatic carbocycles. The van der Waals surface area contributed by atoms with Gasteiger partial charge in [-0.3, -0.25) is 0 Å². The molecule has 1 saturated heterocycles. The molecule has 72 valence electrons. The topological polar surface area (TPSA) is 15.3 Å². The van der Waals surface area contributed by atoms with Gasteiger partial charge in [0, 0.05) is 13.1 Å². The Hall–Kier alpha value is -0.0800. The van der Waals surface area contributed by atoms with E-state index in [2.05, 4.69) is 38.2 Å². The molecule has 1 heterocycles. The first-order chi connectivity index (χ1) is 5.58. The number of hydrogen-bond acceptors (Lipinski definition) is 2. The molecule has 1 aliphatic heterocycles. The van der Waals surface area contributed by atoms with Crippen molar-refractivity contribution in [2.24, 2.45) is 11.3 Å². The van der Waals surface area contributed by atoms with Gasteiger partial charge in [-0.15, -0.1) is 0 Å². The molecular formula is C10H22N2. The Labute approximate surface area is 76.3 Å². The van der Waals surface area contributed by atoms with E-state index in [9.17, 15) is 0 Å². The molecule has 0 aromatic rings. The smallest absolute Gasteiger partial charge is 0.00214 e. The van der Waals surface area contributed by atoms with Crippen LogP contribution in [0.2, 0.25) is 0 Å². The number of nitrogens with zero attached hydrogens (tertiary/aromatic N) is 1. The minimum absolute atomic E-state index is 0.532. The highest BCUT2D eigenvalue weighted by molar-refractivity contribution is 4.91. The van der Waals surface area contributed by atoms with Gasteiger partial charge in [-0.05, 0) is 38.4 Å². The van der Waals surface area contributed by atoms with Crippen LogP contribution < -0.4 is 5.32 Å². The van der Waals surface area contributed by atoms with Crippen molar-refractivity contribution in [2.75, 3.05) is 33.7 Å². The second-order valence-corrected chi connectivity index (χ2v) is 4.60. The zero-order valence-corrected chi connectivity index (χ0v) is 8.85. The highest BCUT2D eigenvalue weighted by Crippen LogP contribution is 2.34. The molecule has 1 aliphatic rings. The largest absolute Gasteiger partial charge is 0.316 e. The summed E-state index contributed by atoms with van der Waals surface area (Å²) in [5, 5.41) is 3.49. The van der Waals surface area contributed by atoms with Gasteiger partial charge in [-0.1, -0.05) is 13.8 Å². The van der Waals surface area contributed by atoms with E-state index in [-0.39, 0.29) is 0 Å². The lowest BCUT2D eigenvalue weighted by Crippen LogP contribution is -2.33. The first-order valence-corrected chi connectivity index (χ1v) is 4.94. The van der Waals surface area contributed by atoms with Crippen molar-refractivity contribution in [3.63, 3.8) is 0 Å². The van der Waals surface area contributed by atoms with Crippen molar-refractivity contribution >= 4 is 0 Å². The van der Waals surface area contributed by atoms with Crippen LogP contribution in [-0.2, 0) is 0 Å². The van der Waals surface area contributed by atoms with Crippen LogP contribution in [0.4, 0.5) is 0 Å². The van der Waals surface area contributed by atoms with Crippen molar-refractivity contribution in [1.29, 1.82) is 0 Å². The molecule has 0 bridgehead atoms. The third kappa shape index (κ3) is 1.99. The second-order valence-electron chi connectivity index (χ2n) is 4.60. The predicted molar refractivity (Wildman–Crippen MR) is 53.3 cm³/mol. The molecule has 0 aromatic heterocycles. The van der Waals surface area contributed by atoms with Gasteiger partial charge in [0.05, 0.1) is 0 Å².